The highest BCUT2D eigenvalue weighted by Gasteiger charge is 2.15. The topological polar surface area (TPSA) is 128 Å². The number of nitrogens with one attached hydrogen (secondary N) is 2. The zero-order valence-corrected chi connectivity index (χ0v) is 10.9. The first kappa shape index (κ1) is 14.9. The second kappa shape index (κ2) is 6.16. The Labute approximate surface area is 109 Å². The van der Waals surface area contributed by atoms with Gasteiger partial charge in [0.25, 0.3) is 10.0 Å². The van der Waals surface area contributed by atoms with E-state index in [1.54, 1.807) is 17.2 Å². The lowest BCUT2D eigenvalue weighted by Crippen LogP contribution is -2.44. The number of carbonyl (C=O) groups is 2. The number of primary amides is 1. The summed E-state index contributed by atoms with van der Waals surface area (Å²) in [6, 6.07) is 3.98. The highest BCUT2D eigenvalue weighted by Crippen LogP contribution is 2.10. The maximum Gasteiger partial charge on any atom is 0.338 e. The van der Waals surface area contributed by atoms with Crippen LogP contribution in [0, 0.1) is 0 Å². The Morgan fingerprint density at radius 1 is 1.26 bits per heavy atom. The third-order valence-corrected chi connectivity index (χ3v) is 3.25. The fraction of sp³-hybridized carbons (Fsp3) is 0.200. The van der Waals surface area contributed by atoms with Crippen LogP contribution < -0.4 is 16.0 Å². The van der Waals surface area contributed by atoms with Gasteiger partial charge in [-0.2, -0.15) is 0 Å². The summed E-state index contributed by atoms with van der Waals surface area (Å²) >= 11 is 0. The van der Waals surface area contributed by atoms with Gasteiger partial charge in [-0.25, -0.2) is 18.0 Å². The normalized spacial score (nSPS) is 10.8. The quantitative estimate of drug-likeness (QED) is 0.507. The minimum Gasteiger partial charge on any atom is -0.462 e. The summed E-state index contributed by atoms with van der Waals surface area (Å²) in [5.41, 5.74) is 6.71. The van der Waals surface area contributed by atoms with E-state index < -0.39 is 22.0 Å². The van der Waals surface area contributed by atoms with Crippen molar-refractivity contribution < 1.29 is 22.7 Å². The van der Waals surface area contributed by atoms with E-state index in [1.807, 2.05) is 0 Å². The number of urea groups is 1. The Hall–Kier alpha value is -2.13. The van der Waals surface area contributed by atoms with Crippen LogP contribution in [0.5, 0.6) is 0 Å². The number of hydrazine groups is 1. The molecule has 0 aliphatic heterocycles. The summed E-state index contributed by atoms with van der Waals surface area (Å²) in [5, 5.41) is 0. The Morgan fingerprint density at radius 2 is 1.84 bits per heavy atom. The number of sulfonamides is 1. The van der Waals surface area contributed by atoms with Crippen LogP contribution >= 0.6 is 0 Å². The Kier molecular flexibility index (Phi) is 4.84. The molecule has 4 N–H and O–H groups in total. The van der Waals surface area contributed by atoms with Gasteiger partial charge < -0.3 is 10.5 Å². The van der Waals surface area contributed by atoms with E-state index in [0.717, 1.165) is 0 Å². The molecule has 1 rings (SSSR count). The van der Waals surface area contributed by atoms with Gasteiger partial charge in [0.2, 0.25) is 0 Å². The van der Waals surface area contributed by atoms with Crippen LogP contribution in [-0.4, -0.2) is 27.0 Å². The van der Waals surface area contributed by atoms with Crippen molar-refractivity contribution in [2.75, 3.05) is 6.61 Å². The number of amides is 2. The van der Waals surface area contributed by atoms with Gasteiger partial charge >= 0.3 is 12.0 Å². The number of rotatable bonds is 5. The zero-order chi connectivity index (χ0) is 14.5. The molecule has 0 fully saturated rings. The third-order valence-electron chi connectivity index (χ3n) is 1.98. The van der Waals surface area contributed by atoms with Gasteiger partial charge in [0, 0.05) is 0 Å². The number of hydrogen-bond acceptors (Lipinski definition) is 5. The molecule has 0 atom stereocenters. The standard InChI is InChI=1S/C10H13N3O5S/c1-2-18-9(14)7-3-5-8(6-4-7)19(16,17)13-12-10(11)15/h3-6,13H,2H2,1H3,(H3,11,12,15). The van der Waals surface area contributed by atoms with Crippen molar-refractivity contribution in [1.29, 1.82) is 0 Å². The summed E-state index contributed by atoms with van der Waals surface area (Å²) in [4.78, 5) is 23.4. The third kappa shape index (κ3) is 4.23. The lowest BCUT2D eigenvalue weighted by Gasteiger charge is -2.07. The van der Waals surface area contributed by atoms with Crippen molar-refractivity contribution in [2.24, 2.45) is 5.73 Å². The Balaban J connectivity index is 2.86. The summed E-state index contributed by atoms with van der Waals surface area (Å²) in [6.45, 7) is 1.89. The van der Waals surface area contributed by atoms with E-state index in [4.69, 9.17) is 10.5 Å². The van der Waals surface area contributed by atoms with E-state index in [1.165, 1.54) is 24.3 Å². The molecule has 0 radical (unpaired) electrons. The molecule has 104 valence electrons. The number of hydrogen-bond donors (Lipinski definition) is 3. The van der Waals surface area contributed by atoms with Gasteiger partial charge in [0.05, 0.1) is 17.1 Å². The fourth-order valence-electron chi connectivity index (χ4n) is 1.16. The van der Waals surface area contributed by atoms with Crippen LogP contribution in [0.1, 0.15) is 17.3 Å². The number of ether oxygens (including phenoxy) is 1. The molecule has 0 spiro atoms. The second-order valence-electron chi connectivity index (χ2n) is 3.34. The molecule has 0 aromatic heterocycles. The fourth-order valence-corrected chi connectivity index (χ4v) is 2.01. The van der Waals surface area contributed by atoms with Gasteiger partial charge in [-0.3, -0.25) is 5.43 Å². The maximum absolute atomic E-state index is 11.6. The van der Waals surface area contributed by atoms with Crippen molar-refractivity contribution >= 4 is 22.0 Å². The monoisotopic (exact) mass is 287 g/mol. The minimum absolute atomic E-state index is 0.130. The van der Waals surface area contributed by atoms with Crippen LogP contribution in [0.2, 0.25) is 0 Å². The maximum atomic E-state index is 11.6. The van der Waals surface area contributed by atoms with E-state index >= 15 is 0 Å². The SMILES string of the molecule is CCOC(=O)c1ccc(S(=O)(=O)NNC(N)=O)cc1. The molecule has 0 saturated carbocycles. The predicted molar refractivity (Wildman–Crippen MR) is 65.4 cm³/mol. The Morgan fingerprint density at radius 3 is 2.32 bits per heavy atom. The first-order chi connectivity index (χ1) is 8.86. The predicted octanol–water partition coefficient (Wildman–Crippen LogP) is -0.275. The molecule has 1 aromatic carbocycles. The lowest BCUT2D eigenvalue weighted by atomic mass is 10.2. The molecule has 0 aliphatic rings. The number of carbonyl (C=O) groups excluding carboxylic acids is 2. The highest BCUT2D eigenvalue weighted by molar-refractivity contribution is 7.89. The van der Waals surface area contributed by atoms with Crippen LogP contribution in [0.15, 0.2) is 29.2 Å². The van der Waals surface area contributed by atoms with Crippen molar-refractivity contribution in [1.82, 2.24) is 10.3 Å². The van der Waals surface area contributed by atoms with Gasteiger partial charge in [-0.05, 0) is 31.2 Å². The molecule has 0 bridgehead atoms. The molecular formula is C10H13N3O5S. The van der Waals surface area contributed by atoms with E-state index in [2.05, 4.69) is 0 Å². The van der Waals surface area contributed by atoms with Crippen LogP contribution in [-0.2, 0) is 14.8 Å². The first-order valence-electron chi connectivity index (χ1n) is 5.21. The molecule has 0 aliphatic carbocycles. The lowest BCUT2D eigenvalue weighted by molar-refractivity contribution is 0.0526. The zero-order valence-electron chi connectivity index (χ0n) is 10.0. The molecule has 2 amide bonds. The molecule has 8 nitrogen and oxygen atoms in total. The molecule has 19 heavy (non-hydrogen) atoms. The number of esters is 1. The van der Waals surface area contributed by atoms with Gasteiger partial charge in [0.15, 0.2) is 0 Å². The van der Waals surface area contributed by atoms with Crippen molar-refractivity contribution in [3.8, 4) is 0 Å². The summed E-state index contributed by atoms with van der Waals surface area (Å²) in [6.07, 6.45) is 0. The van der Waals surface area contributed by atoms with Crippen molar-refractivity contribution in [3.63, 3.8) is 0 Å². The van der Waals surface area contributed by atoms with E-state index in [0.29, 0.717) is 0 Å². The molecule has 0 heterocycles. The largest absolute Gasteiger partial charge is 0.462 e. The molecular weight excluding hydrogens is 274 g/mol. The van der Waals surface area contributed by atoms with Crippen LogP contribution in [0.4, 0.5) is 4.79 Å². The summed E-state index contributed by atoms with van der Waals surface area (Å²) < 4.78 is 28.0. The average molecular weight is 287 g/mol. The molecule has 9 heteroatoms. The summed E-state index contributed by atoms with van der Waals surface area (Å²) in [5.74, 6) is -0.547. The van der Waals surface area contributed by atoms with Crippen LogP contribution in [0.25, 0.3) is 0 Å². The minimum atomic E-state index is -3.92. The van der Waals surface area contributed by atoms with Crippen molar-refractivity contribution in [2.45, 2.75) is 11.8 Å². The van der Waals surface area contributed by atoms with E-state index in [9.17, 15) is 18.0 Å². The highest BCUT2D eigenvalue weighted by atomic mass is 32.2. The van der Waals surface area contributed by atoms with Crippen LogP contribution in [0.3, 0.4) is 0 Å². The Bertz CT molecular complexity index is 567. The average Bonchev–Trinajstić information content (AvgIpc) is 2.37. The summed E-state index contributed by atoms with van der Waals surface area (Å²) in [7, 11) is -3.92. The molecule has 0 unspecified atom stereocenters. The smallest absolute Gasteiger partial charge is 0.338 e. The van der Waals surface area contributed by atoms with Gasteiger partial charge in [0.1, 0.15) is 0 Å². The van der Waals surface area contributed by atoms with Crippen molar-refractivity contribution in [3.05, 3.63) is 29.8 Å². The van der Waals surface area contributed by atoms with Gasteiger partial charge in [-0.1, -0.05) is 0 Å². The first-order valence-corrected chi connectivity index (χ1v) is 6.69. The van der Waals surface area contributed by atoms with Gasteiger partial charge in [-0.15, -0.1) is 4.83 Å². The second-order valence-corrected chi connectivity index (χ2v) is 5.02. The van der Waals surface area contributed by atoms with E-state index in [-0.39, 0.29) is 17.1 Å². The number of benzene rings is 1. The molecule has 0 saturated heterocycles. The molecule has 1 aromatic rings. The number of nitrogens with two attached hydrogens (primary N) is 1.